The number of thiocarbonyl (C=S) groups is 1. The summed E-state index contributed by atoms with van der Waals surface area (Å²) in [5.41, 5.74) is 8.30. The van der Waals surface area contributed by atoms with Crippen molar-refractivity contribution in [3.05, 3.63) is 53.5 Å². The Kier molecular flexibility index (Phi) is 2.91. The summed E-state index contributed by atoms with van der Waals surface area (Å²) in [6, 6.07) is 8.56. The molecule has 19 heavy (non-hydrogen) atoms. The number of nitrogens with two attached hydrogens (primary N) is 1. The zero-order valence-electron chi connectivity index (χ0n) is 10.1. The minimum absolute atomic E-state index is 0.231. The number of benzene rings is 1. The highest BCUT2D eigenvalue weighted by Gasteiger charge is 2.21. The van der Waals surface area contributed by atoms with Crippen molar-refractivity contribution in [2.75, 3.05) is 11.4 Å². The maximum atomic E-state index is 13.3. The van der Waals surface area contributed by atoms with Crippen LogP contribution in [0.1, 0.15) is 11.1 Å². The third kappa shape index (κ3) is 2.17. The first-order chi connectivity index (χ1) is 9.15. The lowest BCUT2D eigenvalue weighted by Crippen LogP contribution is -2.16. The molecular formula is C14H12FN3S. The van der Waals surface area contributed by atoms with E-state index in [9.17, 15) is 4.39 Å². The maximum absolute atomic E-state index is 13.3. The first-order valence-corrected chi connectivity index (χ1v) is 6.38. The van der Waals surface area contributed by atoms with Gasteiger partial charge in [0.1, 0.15) is 16.6 Å². The highest BCUT2D eigenvalue weighted by atomic mass is 32.1. The van der Waals surface area contributed by atoms with Gasteiger partial charge in [-0.1, -0.05) is 18.3 Å². The van der Waals surface area contributed by atoms with Crippen molar-refractivity contribution in [3.63, 3.8) is 0 Å². The van der Waals surface area contributed by atoms with Gasteiger partial charge in [0, 0.05) is 24.0 Å². The van der Waals surface area contributed by atoms with Gasteiger partial charge >= 0.3 is 0 Å². The Balaban J connectivity index is 1.97. The third-order valence-corrected chi connectivity index (χ3v) is 3.49. The molecule has 0 radical (unpaired) electrons. The fourth-order valence-corrected chi connectivity index (χ4v) is 2.40. The summed E-state index contributed by atoms with van der Waals surface area (Å²) in [6.07, 6.45) is 2.54. The molecule has 0 spiro atoms. The van der Waals surface area contributed by atoms with Gasteiger partial charge in [-0.15, -0.1) is 0 Å². The van der Waals surface area contributed by atoms with Gasteiger partial charge in [0.25, 0.3) is 0 Å². The third-order valence-electron chi connectivity index (χ3n) is 3.25. The molecular weight excluding hydrogens is 261 g/mol. The van der Waals surface area contributed by atoms with Crippen LogP contribution in [0.25, 0.3) is 0 Å². The van der Waals surface area contributed by atoms with E-state index < -0.39 is 0 Å². The SMILES string of the molecule is NC(=S)c1ccc(N2CCc3ccc(F)cc32)nc1. The van der Waals surface area contributed by atoms with E-state index in [0.29, 0.717) is 4.99 Å². The van der Waals surface area contributed by atoms with Crippen LogP contribution in [0.5, 0.6) is 0 Å². The quantitative estimate of drug-likeness (QED) is 0.854. The van der Waals surface area contributed by atoms with Crippen molar-refractivity contribution in [1.82, 2.24) is 4.98 Å². The highest BCUT2D eigenvalue weighted by molar-refractivity contribution is 7.80. The number of nitrogens with zero attached hydrogens (tertiary/aromatic N) is 2. The van der Waals surface area contributed by atoms with Crippen molar-refractivity contribution >= 4 is 28.7 Å². The summed E-state index contributed by atoms with van der Waals surface area (Å²) in [4.78, 5) is 6.67. The topological polar surface area (TPSA) is 42.1 Å². The molecule has 0 bridgehead atoms. The van der Waals surface area contributed by atoms with Gasteiger partial charge in [0.05, 0.1) is 0 Å². The zero-order valence-corrected chi connectivity index (χ0v) is 11.0. The Morgan fingerprint density at radius 2 is 2.16 bits per heavy atom. The Labute approximate surface area is 115 Å². The number of hydrogen-bond donors (Lipinski definition) is 1. The van der Waals surface area contributed by atoms with Crippen LogP contribution in [0.4, 0.5) is 15.9 Å². The number of aromatic nitrogens is 1. The van der Waals surface area contributed by atoms with E-state index in [1.165, 1.54) is 6.07 Å². The molecule has 1 aromatic heterocycles. The second-order valence-corrected chi connectivity index (χ2v) is 4.88. The fourth-order valence-electron chi connectivity index (χ4n) is 2.28. The molecule has 0 saturated carbocycles. The Morgan fingerprint density at radius 3 is 2.84 bits per heavy atom. The first kappa shape index (κ1) is 12.0. The van der Waals surface area contributed by atoms with Gasteiger partial charge in [-0.25, -0.2) is 9.37 Å². The minimum atomic E-state index is -0.231. The molecule has 5 heteroatoms. The number of anilines is 2. The molecule has 0 saturated heterocycles. The minimum Gasteiger partial charge on any atom is -0.389 e. The molecule has 3 rings (SSSR count). The van der Waals surface area contributed by atoms with Crippen LogP contribution in [-0.2, 0) is 6.42 Å². The van der Waals surface area contributed by atoms with E-state index in [4.69, 9.17) is 18.0 Å². The van der Waals surface area contributed by atoms with Gasteiger partial charge < -0.3 is 10.6 Å². The Bertz CT molecular complexity index is 640. The van der Waals surface area contributed by atoms with Crippen LogP contribution >= 0.6 is 12.2 Å². The number of pyridine rings is 1. The Hall–Kier alpha value is -2.01. The molecule has 0 amide bonds. The lowest BCUT2D eigenvalue weighted by Gasteiger charge is -2.18. The standard InChI is InChI=1S/C14H12FN3S/c15-11-3-1-9-5-6-18(12(9)7-11)13-4-2-10(8-17-13)14(16)19/h1-4,7-8H,5-6H2,(H2,16,19). The molecule has 96 valence electrons. The fraction of sp³-hybridized carbons (Fsp3) is 0.143. The number of hydrogen-bond acceptors (Lipinski definition) is 3. The maximum Gasteiger partial charge on any atom is 0.132 e. The molecule has 3 nitrogen and oxygen atoms in total. The lowest BCUT2D eigenvalue weighted by atomic mass is 10.2. The Morgan fingerprint density at radius 1 is 1.32 bits per heavy atom. The van der Waals surface area contributed by atoms with Gasteiger partial charge in [0.2, 0.25) is 0 Å². The molecule has 1 aliphatic rings. The lowest BCUT2D eigenvalue weighted by molar-refractivity contribution is 0.628. The number of halogens is 1. The van der Waals surface area contributed by atoms with Gasteiger partial charge in [-0.2, -0.15) is 0 Å². The van der Waals surface area contributed by atoms with E-state index >= 15 is 0 Å². The largest absolute Gasteiger partial charge is 0.389 e. The first-order valence-electron chi connectivity index (χ1n) is 5.97. The van der Waals surface area contributed by atoms with Crippen LogP contribution in [-0.4, -0.2) is 16.5 Å². The van der Waals surface area contributed by atoms with Crippen LogP contribution in [0.15, 0.2) is 36.5 Å². The summed E-state index contributed by atoms with van der Waals surface area (Å²) in [7, 11) is 0. The van der Waals surface area contributed by atoms with Gasteiger partial charge in [-0.05, 0) is 36.2 Å². The molecule has 0 aliphatic carbocycles. The monoisotopic (exact) mass is 273 g/mol. The molecule has 1 aromatic carbocycles. The summed E-state index contributed by atoms with van der Waals surface area (Å²) >= 11 is 4.89. The average Bonchev–Trinajstić information content (AvgIpc) is 2.81. The van der Waals surface area contributed by atoms with Crippen LogP contribution in [0, 0.1) is 5.82 Å². The summed E-state index contributed by atoms with van der Waals surface area (Å²) in [6.45, 7) is 0.804. The summed E-state index contributed by atoms with van der Waals surface area (Å²) in [5.74, 6) is 0.551. The second-order valence-electron chi connectivity index (χ2n) is 4.44. The van der Waals surface area contributed by atoms with Crippen molar-refractivity contribution < 1.29 is 4.39 Å². The van der Waals surface area contributed by atoms with E-state index in [-0.39, 0.29) is 5.82 Å². The molecule has 2 aromatic rings. The molecule has 0 atom stereocenters. The van der Waals surface area contributed by atoms with Crippen LogP contribution in [0.2, 0.25) is 0 Å². The van der Waals surface area contributed by atoms with Crippen LogP contribution < -0.4 is 10.6 Å². The van der Waals surface area contributed by atoms with Crippen molar-refractivity contribution in [3.8, 4) is 0 Å². The normalized spacial score (nSPS) is 13.4. The van der Waals surface area contributed by atoms with E-state index in [1.807, 2.05) is 23.1 Å². The predicted octanol–water partition coefficient (Wildman–Crippen LogP) is 2.55. The van der Waals surface area contributed by atoms with E-state index in [1.54, 1.807) is 12.3 Å². The zero-order chi connectivity index (χ0) is 13.4. The van der Waals surface area contributed by atoms with Crippen molar-refractivity contribution in [1.29, 1.82) is 0 Å². The molecule has 0 fully saturated rings. The molecule has 1 aliphatic heterocycles. The molecule has 0 unspecified atom stereocenters. The second kappa shape index (κ2) is 4.59. The summed E-state index contributed by atoms with van der Waals surface area (Å²) < 4.78 is 13.3. The van der Waals surface area contributed by atoms with Gasteiger partial charge in [0.15, 0.2) is 0 Å². The highest BCUT2D eigenvalue weighted by Crippen LogP contribution is 2.33. The molecule has 2 heterocycles. The number of fused-ring (bicyclic) bond motifs is 1. The summed E-state index contributed by atoms with van der Waals surface area (Å²) in [5, 5.41) is 0. The number of rotatable bonds is 2. The smallest absolute Gasteiger partial charge is 0.132 e. The van der Waals surface area contributed by atoms with Gasteiger partial charge in [-0.3, -0.25) is 0 Å². The van der Waals surface area contributed by atoms with Crippen molar-refractivity contribution in [2.24, 2.45) is 5.73 Å². The van der Waals surface area contributed by atoms with Crippen LogP contribution in [0.3, 0.4) is 0 Å². The average molecular weight is 273 g/mol. The van der Waals surface area contributed by atoms with E-state index in [0.717, 1.165) is 35.6 Å². The van der Waals surface area contributed by atoms with Crippen molar-refractivity contribution in [2.45, 2.75) is 6.42 Å². The molecule has 2 N–H and O–H groups in total. The predicted molar refractivity (Wildman–Crippen MR) is 77.2 cm³/mol. The van der Waals surface area contributed by atoms with E-state index in [2.05, 4.69) is 4.98 Å².